The van der Waals surface area contributed by atoms with E-state index in [0.717, 1.165) is 16.7 Å². The summed E-state index contributed by atoms with van der Waals surface area (Å²) < 4.78 is 2.69. The summed E-state index contributed by atoms with van der Waals surface area (Å²) in [6, 6.07) is 12.0. The van der Waals surface area contributed by atoms with Crippen LogP contribution < -0.4 is 5.32 Å². The predicted molar refractivity (Wildman–Crippen MR) is 88.0 cm³/mol. The van der Waals surface area contributed by atoms with Crippen molar-refractivity contribution in [3.05, 3.63) is 70.0 Å². The van der Waals surface area contributed by atoms with Gasteiger partial charge in [-0.25, -0.2) is 4.98 Å². The van der Waals surface area contributed by atoms with Crippen LogP contribution in [0, 0.1) is 0 Å². The highest BCUT2D eigenvalue weighted by atomic mass is 79.9. The maximum absolute atomic E-state index is 5.88. The molecule has 1 aromatic carbocycles. The van der Waals surface area contributed by atoms with Crippen LogP contribution in [-0.2, 0) is 6.54 Å². The van der Waals surface area contributed by atoms with Crippen molar-refractivity contribution in [2.75, 3.05) is 5.32 Å². The fourth-order valence-electron chi connectivity index (χ4n) is 1.93. The molecule has 0 saturated carbocycles. The summed E-state index contributed by atoms with van der Waals surface area (Å²) in [7, 11) is 0. The van der Waals surface area contributed by atoms with E-state index in [-0.39, 0.29) is 0 Å². The fourth-order valence-corrected chi connectivity index (χ4v) is 2.67. The molecule has 106 valence electrons. The van der Waals surface area contributed by atoms with Gasteiger partial charge in [0.2, 0.25) is 0 Å². The van der Waals surface area contributed by atoms with Gasteiger partial charge in [-0.1, -0.05) is 41.9 Å². The molecule has 0 spiro atoms. The van der Waals surface area contributed by atoms with Crippen molar-refractivity contribution >= 4 is 39.0 Å². The second kappa shape index (κ2) is 6.28. The number of anilines is 2. The van der Waals surface area contributed by atoms with E-state index in [9.17, 15) is 0 Å². The number of nitrogens with one attached hydrogen (secondary N) is 1. The molecule has 2 aromatic heterocycles. The van der Waals surface area contributed by atoms with Crippen molar-refractivity contribution in [3.8, 4) is 0 Å². The topological polar surface area (TPSA) is 42.7 Å². The largest absolute Gasteiger partial charge is 0.337 e. The number of pyridine rings is 1. The van der Waals surface area contributed by atoms with Gasteiger partial charge in [0, 0.05) is 12.4 Å². The minimum Gasteiger partial charge on any atom is -0.337 e. The molecule has 0 atom stereocenters. The highest BCUT2D eigenvalue weighted by molar-refractivity contribution is 9.10. The van der Waals surface area contributed by atoms with Crippen LogP contribution in [0.2, 0.25) is 5.02 Å². The molecule has 0 bridgehead atoms. The van der Waals surface area contributed by atoms with Crippen LogP contribution in [0.3, 0.4) is 0 Å². The van der Waals surface area contributed by atoms with E-state index in [4.69, 9.17) is 11.6 Å². The number of benzene rings is 1. The van der Waals surface area contributed by atoms with Gasteiger partial charge in [-0.2, -0.15) is 5.10 Å². The Morgan fingerprint density at radius 2 is 2.00 bits per heavy atom. The third-order valence-corrected chi connectivity index (χ3v) is 3.70. The average Bonchev–Trinajstić information content (AvgIpc) is 2.90. The Balaban J connectivity index is 1.73. The summed E-state index contributed by atoms with van der Waals surface area (Å²) in [5.41, 5.74) is 2.08. The standard InChI is InChI=1S/C15H12BrClN4/c16-14-6-12(17)7-18-15(14)20-13-8-19-21(10-13)9-11-4-2-1-3-5-11/h1-8,10H,9H2,(H,18,20). The van der Waals surface area contributed by atoms with E-state index < -0.39 is 0 Å². The Kier molecular flexibility index (Phi) is 4.22. The number of hydrogen-bond donors (Lipinski definition) is 1. The molecule has 0 aliphatic carbocycles. The molecule has 0 radical (unpaired) electrons. The van der Waals surface area contributed by atoms with Gasteiger partial charge in [0.05, 0.1) is 27.9 Å². The molecule has 0 saturated heterocycles. The molecule has 21 heavy (non-hydrogen) atoms. The number of halogens is 2. The third kappa shape index (κ3) is 3.62. The minimum atomic E-state index is 0.590. The van der Waals surface area contributed by atoms with Crippen molar-refractivity contribution in [1.29, 1.82) is 0 Å². The molecule has 0 fully saturated rings. The van der Waals surface area contributed by atoms with E-state index >= 15 is 0 Å². The van der Waals surface area contributed by atoms with Gasteiger partial charge in [0.15, 0.2) is 0 Å². The summed E-state index contributed by atoms with van der Waals surface area (Å²) in [5, 5.41) is 8.14. The van der Waals surface area contributed by atoms with Crippen LogP contribution in [0.15, 0.2) is 59.5 Å². The lowest BCUT2D eigenvalue weighted by Gasteiger charge is -2.05. The predicted octanol–water partition coefficient (Wildman–Crippen LogP) is 4.49. The number of nitrogens with zero attached hydrogens (tertiary/aromatic N) is 3. The molecule has 0 amide bonds. The molecule has 2 heterocycles. The molecule has 1 N–H and O–H groups in total. The van der Waals surface area contributed by atoms with Gasteiger partial charge in [-0.05, 0) is 27.6 Å². The zero-order chi connectivity index (χ0) is 14.7. The molecular weight excluding hydrogens is 352 g/mol. The first-order valence-electron chi connectivity index (χ1n) is 6.35. The summed E-state index contributed by atoms with van der Waals surface area (Å²) in [6.45, 7) is 0.734. The summed E-state index contributed by atoms with van der Waals surface area (Å²) >= 11 is 9.31. The maximum Gasteiger partial charge on any atom is 0.144 e. The minimum absolute atomic E-state index is 0.590. The normalized spacial score (nSPS) is 10.6. The van der Waals surface area contributed by atoms with Gasteiger partial charge in [-0.3, -0.25) is 4.68 Å². The molecule has 4 nitrogen and oxygen atoms in total. The van der Waals surface area contributed by atoms with Crippen molar-refractivity contribution in [1.82, 2.24) is 14.8 Å². The summed E-state index contributed by atoms with van der Waals surface area (Å²) in [6.07, 6.45) is 5.31. The second-order valence-electron chi connectivity index (χ2n) is 4.52. The molecule has 0 aliphatic heterocycles. The Labute approximate surface area is 135 Å². The van der Waals surface area contributed by atoms with Crippen molar-refractivity contribution in [3.63, 3.8) is 0 Å². The van der Waals surface area contributed by atoms with Gasteiger partial charge in [-0.15, -0.1) is 0 Å². The highest BCUT2D eigenvalue weighted by Crippen LogP contribution is 2.25. The van der Waals surface area contributed by atoms with Crippen LogP contribution in [0.25, 0.3) is 0 Å². The van der Waals surface area contributed by atoms with Gasteiger partial charge < -0.3 is 5.32 Å². The Morgan fingerprint density at radius 3 is 2.76 bits per heavy atom. The molecule has 3 rings (SSSR count). The van der Waals surface area contributed by atoms with Crippen LogP contribution >= 0.6 is 27.5 Å². The lowest BCUT2D eigenvalue weighted by molar-refractivity contribution is 0.687. The van der Waals surface area contributed by atoms with Gasteiger partial charge >= 0.3 is 0 Å². The summed E-state index contributed by atoms with van der Waals surface area (Å²) in [5.74, 6) is 0.707. The van der Waals surface area contributed by atoms with Crippen LogP contribution in [0.4, 0.5) is 11.5 Å². The monoisotopic (exact) mass is 362 g/mol. The smallest absolute Gasteiger partial charge is 0.144 e. The van der Waals surface area contributed by atoms with E-state index in [1.165, 1.54) is 5.56 Å². The summed E-state index contributed by atoms with van der Waals surface area (Å²) in [4.78, 5) is 4.24. The van der Waals surface area contributed by atoms with Crippen LogP contribution in [0.1, 0.15) is 5.56 Å². The van der Waals surface area contributed by atoms with Crippen molar-refractivity contribution in [2.24, 2.45) is 0 Å². The zero-order valence-corrected chi connectivity index (χ0v) is 13.3. The lowest BCUT2D eigenvalue weighted by Crippen LogP contribution is -1.99. The fraction of sp³-hybridized carbons (Fsp3) is 0.0667. The van der Waals surface area contributed by atoms with E-state index in [1.807, 2.05) is 29.1 Å². The molecule has 3 aromatic rings. The SMILES string of the molecule is Clc1cnc(Nc2cnn(Cc3ccccc3)c2)c(Br)c1. The number of rotatable bonds is 4. The number of hydrogen-bond acceptors (Lipinski definition) is 3. The molecule has 0 unspecified atom stereocenters. The first-order valence-corrected chi connectivity index (χ1v) is 7.52. The Bertz CT molecular complexity index is 742. The lowest BCUT2D eigenvalue weighted by atomic mass is 10.2. The van der Waals surface area contributed by atoms with E-state index in [2.05, 4.69) is 43.5 Å². The quantitative estimate of drug-likeness (QED) is 0.743. The number of aromatic nitrogens is 3. The first-order chi connectivity index (χ1) is 10.2. The maximum atomic E-state index is 5.88. The third-order valence-electron chi connectivity index (χ3n) is 2.89. The van der Waals surface area contributed by atoms with Crippen molar-refractivity contribution < 1.29 is 0 Å². The highest BCUT2D eigenvalue weighted by Gasteiger charge is 2.05. The van der Waals surface area contributed by atoms with E-state index in [1.54, 1.807) is 18.5 Å². The Hall–Kier alpha value is -1.85. The van der Waals surface area contributed by atoms with E-state index in [0.29, 0.717) is 10.8 Å². The van der Waals surface area contributed by atoms with Gasteiger partial charge in [0.1, 0.15) is 5.82 Å². The average molecular weight is 364 g/mol. The van der Waals surface area contributed by atoms with Gasteiger partial charge in [0.25, 0.3) is 0 Å². The first kappa shape index (κ1) is 14.1. The molecule has 6 heteroatoms. The Morgan fingerprint density at radius 1 is 1.19 bits per heavy atom. The second-order valence-corrected chi connectivity index (χ2v) is 5.81. The van der Waals surface area contributed by atoms with Crippen molar-refractivity contribution in [2.45, 2.75) is 6.54 Å². The molecule has 0 aliphatic rings. The molecular formula is C15H12BrClN4. The zero-order valence-electron chi connectivity index (χ0n) is 11.0. The van der Waals surface area contributed by atoms with Crippen LogP contribution in [-0.4, -0.2) is 14.8 Å². The van der Waals surface area contributed by atoms with Crippen LogP contribution in [0.5, 0.6) is 0 Å².